The minimum Gasteiger partial charge on any atom is -0.317 e. The van der Waals surface area contributed by atoms with Crippen LogP contribution in [0.3, 0.4) is 0 Å². The summed E-state index contributed by atoms with van der Waals surface area (Å²) in [5, 5.41) is 7.88. The molecule has 1 aliphatic carbocycles. The van der Waals surface area contributed by atoms with Crippen LogP contribution in [0.25, 0.3) is 0 Å². The summed E-state index contributed by atoms with van der Waals surface area (Å²) in [6.07, 6.45) is 8.17. The number of nitrogens with one attached hydrogen (secondary N) is 1. The first-order chi connectivity index (χ1) is 8.45. The van der Waals surface area contributed by atoms with E-state index in [0.717, 1.165) is 5.92 Å². The van der Waals surface area contributed by atoms with Crippen molar-refractivity contribution in [1.82, 2.24) is 15.1 Å². The minimum atomic E-state index is 0.197. The third-order valence-electron chi connectivity index (χ3n) is 4.86. The van der Waals surface area contributed by atoms with E-state index in [4.69, 9.17) is 0 Å². The van der Waals surface area contributed by atoms with Gasteiger partial charge in [-0.15, -0.1) is 0 Å². The van der Waals surface area contributed by atoms with Crippen LogP contribution >= 0.6 is 0 Å². The Morgan fingerprint density at radius 2 is 2.11 bits per heavy atom. The molecule has 0 aliphatic heterocycles. The predicted molar refractivity (Wildman–Crippen MR) is 75.6 cm³/mol. The highest BCUT2D eigenvalue weighted by molar-refractivity contribution is 5.20. The van der Waals surface area contributed by atoms with Crippen molar-refractivity contribution in [1.29, 1.82) is 0 Å². The van der Waals surface area contributed by atoms with Crippen LogP contribution in [-0.4, -0.2) is 22.9 Å². The second kappa shape index (κ2) is 5.04. The SMILES string of the molecule is CNC1CC(C)CCC1C(C)(C)c1cnn(C)c1. The molecule has 1 heterocycles. The van der Waals surface area contributed by atoms with E-state index in [9.17, 15) is 0 Å². The van der Waals surface area contributed by atoms with Gasteiger partial charge in [0.05, 0.1) is 6.20 Å². The van der Waals surface area contributed by atoms with E-state index in [1.54, 1.807) is 0 Å². The van der Waals surface area contributed by atoms with Crippen LogP contribution in [0.1, 0.15) is 45.6 Å². The molecule has 0 aromatic carbocycles. The van der Waals surface area contributed by atoms with Crippen LogP contribution in [-0.2, 0) is 12.5 Å². The summed E-state index contributed by atoms with van der Waals surface area (Å²) in [5.41, 5.74) is 1.56. The largest absolute Gasteiger partial charge is 0.317 e. The Morgan fingerprint density at radius 3 is 2.67 bits per heavy atom. The average Bonchev–Trinajstić information content (AvgIpc) is 2.76. The molecule has 3 heteroatoms. The molecule has 2 rings (SSSR count). The van der Waals surface area contributed by atoms with Gasteiger partial charge in [-0.3, -0.25) is 4.68 Å². The lowest BCUT2D eigenvalue weighted by molar-refractivity contribution is 0.151. The normalized spacial score (nSPS) is 29.5. The van der Waals surface area contributed by atoms with Gasteiger partial charge in [-0.2, -0.15) is 5.10 Å². The molecule has 0 radical (unpaired) electrons. The van der Waals surface area contributed by atoms with Crippen LogP contribution in [0.4, 0.5) is 0 Å². The molecule has 1 aliphatic rings. The maximum Gasteiger partial charge on any atom is 0.0527 e. The summed E-state index contributed by atoms with van der Waals surface area (Å²) >= 11 is 0. The van der Waals surface area contributed by atoms with Gasteiger partial charge < -0.3 is 5.32 Å². The Hall–Kier alpha value is -0.830. The van der Waals surface area contributed by atoms with Crippen LogP contribution < -0.4 is 5.32 Å². The maximum absolute atomic E-state index is 4.34. The first-order valence-electron chi connectivity index (χ1n) is 7.11. The first kappa shape index (κ1) is 13.6. The molecule has 0 spiro atoms. The van der Waals surface area contributed by atoms with Crippen molar-refractivity contribution in [2.24, 2.45) is 18.9 Å². The van der Waals surface area contributed by atoms with Crippen LogP contribution in [0, 0.1) is 11.8 Å². The fraction of sp³-hybridized carbons (Fsp3) is 0.800. The summed E-state index contributed by atoms with van der Waals surface area (Å²) in [6.45, 7) is 7.11. The number of hydrogen-bond acceptors (Lipinski definition) is 2. The maximum atomic E-state index is 4.34. The molecule has 1 aromatic heterocycles. The lowest BCUT2D eigenvalue weighted by atomic mass is 9.64. The molecule has 1 N–H and O–H groups in total. The summed E-state index contributed by atoms with van der Waals surface area (Å²) in [5.74, 6) is 1.55. The molecule has 102 valence electrons. The van der Waals surface area contributed by atoms with Crippen molar-refractivity contribution in [2.75, 3.05) is 7.05 Å². The fourth-order valence-corrected chi connectivity index (χ4v) is 3.53. The first-order valence-corrected chi connectivity index (χ1v) is 7.11. The molecule has 0 amide bonds. The van der Waals surface area contributed by atoms with Gasteiger partial charge in [0.1, 0.15) is 0 Å². The van der Waals surface area contributed by atoms with Crippen molar-refractivity contribution < 1.29 is 0 Å². The van der Waals surface area contributed by atoms with Gasteiger partial charge in [0.15, 0.2) is 0 Å². The van der Waals surface area contributed by atoms with Gasteiger partial charge in [0, 0.05) is 19.3 Å². The highest BCUT2D eigenvalue weighted by Crippen LogP contribution is 2.42. The Morgan fingerprint density at radius 1 is 1.39 bits per heavy atom. The highest BCUT2D eigenvalue weighted by atomic mass is 15.2. The lowest BCUT2D eigenvalue weighted by Crippen LogP contribution is -2.47. The topological polar surface area (TPSA) is 29.9 Å². The second-order valence-electron chi connectivity index (χ2n) is 6.54. The van der Waals surface area contributed by atoms with E-state index in [0.29, 0.717) is 12.0 Å². The van der Waals surface area contributed by atoms with Crippen molar-refractivity contribution >= 4 is 0 Å². The standard InChI is InChI=1S/C15H27N3/c1-11-6-7-13(14(8-11)16-4)15(2,3)12-9-17-18(5)10-12/h9-11,13-14,16H,6-8H2,1-5H3. The summed E-state index contributed by atoms with van der Waals surface area (Å²) in [4.78, 5) is 0. The molecular formula is C15H27N3. The zero-order chi connectivity index (χ0) is 13.3. The highest BCUT2D eigenvalue weighted by Gasteiger charge is 2.39. The Balaban J connectivity index is 2.22. The van der Waals surface area contributed by atoms with Crippen LogP contribution in [0.2, 0.25) is 0 Å². The van der Waals surface area contributed by atoms with E-state index < -0.39 is 0 Å². The smallest absolute Gasteiger partial charge is 0.0527 e. The van der Waals surface area contributed by atoms with Gasteiger partial charge >= 0.3 is 0 Å². The Labute approximate surface area is 111 Å². The number of aromatic nitrogens is 2. The van der Waals surface area contributed by atoms with E-state index in [1.165, 1.54) is 24.8 Å². The minimum absolute atomic E-state index is 0.197. The number of hydrogen-bond donors (Lipinski definition) is 1. The Kier molecular flexibility index (Phi) is 3.81. The van der Waals surface area contributed by atoms with Crippen molar-refractivity contribution in [3.63, 3.8) is 0 Å². The molecule has 0 bridgehead atoms. The third-order valence-corrected chi connectivity index (χ3v) is 4.86. The lowest BCUT2D eigenvalue weighted by Gasteiger charge is -2.44. The van der Waals surface area contributed by atoms with Crippen LogP contribution in [0.5, 0.6) is 0 Å². The molecule has 0 saturated heterocycles. The van der Waals surface area contributed by atoms with Crippen LogP contribution in [0.15, 0.2) is 12.4 Å². The quantitative estimate of drug-likeness (QED) is 0.892. The Bertz CT molecular complexity index is 394. The van der Waals surface area contributed by atoms with Gasteiger partial charge in [-0.25, -0.2) is 0 Å². The van der Waals surface area contributed by atoms with Gasteiger partial charge in [-0.05, 0) is 42.7 Å². The van der Waals surface area contributed by atoms with E-state index in [1.807, 2.05) is 17.9 Å². The second-order valence-corrected chi connectivity index (χ2v) is 6.54. The van der Waals surface area contributed by atoms with Crippen molar-refractivity contribution in [3.8, 4) is 0 Å². The molecule has 3 atom stereocenters. The molecule has 1 aromatic rings. The monoisotopic (exact) mass is 249 g/mol. The molecule has 3 unspecified atom stereocenters. The molecule has 1 fully saturated rings. The van der Waals surface area contributed by atoms with E-state index in [-0.39, 0.29) is 5.41 Å². The molecule has 1 saturated carbocycles. The average molecular weight is 249 g/mol. The zero-order valence-corrected chi connectivity index (χ0v) is 12.4. The van der Waals surface area contributed by atoms with E-state index in [2.05, 4.69) is 44.4 Å². The van der Waals surface area contributed by atoms with Gasteiger partial charge in [0.2, 0.25) is 0 Å². The number of aryl methyl sites for hydroxylation is 1. The van der Waals surface area contributed by atoms with E-state index >= 15 is 0 Å². The zero-order valence-electron chi connectivity index (χ0n) is 12.4. The van der Waals surface area contributed by atoms with Gasteiger partial charge in [0.25, 0.3) is 0 Å². The third kappa shape index (κ3) is 2.46. The molecule has 3 nitrogen and oxygen atoms in total. The predicted octanol–water partition coefficient (Wildman–Crippen LogP) is 2.72. The summed E-state index contributed by atoms with van der Waals surface area (Å²) in [7, 11) is 4.10. The number of rotatable bonds is 3. The molecule has 18 heavy (non-hydrogen) atoms. The molecular weight excluding hydrogens is 222 g/mol. The number of nitrogens with zero attached hydrogens (tertiary/aromatic N) is 2. The van der Waals surface area contributed by atoms with Crippen molar-refractivity contribution in [2.45, 2.75) is 51.5 Å². The summed E-state index contributed by atoms with van der Waals surface area (Å²) in [6, 6.07) is 0.629. The van der Waals surface area contributed by atoms with Crippen molar-refractivity contribution in [3.05, 3.63) is 18.0 Å². The van der Waals surface area contributed by atoms with Gasteiger partial charge in [-0.1, -0.05) is 27.2 Å². The fourth-order valence-electron chi connectivity index (χ4n) is 3.53. The summed E-state index contributed by atoms with van der Waals surface area (Å²) < 4.78 is 1.91.